The quantitative estimate of drug-likeness (QED) is 0.349. The topological polar surface area (TPSA) is 149 Å². The van der Waals surface area contributed by atoms with E-state index in [1.54, 1.807) is 6.07 Å². The molecule has 0 aliphatic heterocycles. The van der Waals surface area contributed by atoms with Gasteiger partial charge in [0.15, 0.2) is 11.5 Å². The highest BCUT2D eigenvalue weighted by Crippen LogP contribution is 2.36. The van der Waals surface area contributed by atoms with Gasteiger partial charge in [-0.1, -0.05) is 0 Å². The van der Waals surface area contributed by atoms with E-state index < -0.39 is 21.9 Å². The Morgan fingerprint density at radius 2 is 1.53 bits per heavy atom. The van der Waals surface area contributed by atoms with Gasteiger partial charge in [0, 0.05) is 17.7 Å². The standard InChI is InChI=1S/C20H22N2O9S/c1-28-14-9-13(10-15(11-14)29-2)20(25)21-22-32(26,27)17-8-12(5-6-18(23)24)7-16(30-3)19(17)31-4/h5-11,22H,1-4H3,(H,21,25)(H,23,24)/b6-5+. The van der Waals surface area contributed by atoms with E-state index in [9.17, 15) is 18.0 Å². The number of ether oxygens (including phenoxy) is 4. The molecule has 3 N–H and O–H groups in total. The maximum absolute atomic E-state index is 12.9. The lowest BCUT2D eigenvalue weighted by molar-refractivity contribution is -0.131. The van der Waals surface area contributed by atoms with E-state index in [-0.39, 0.29) is 27.5 Å². The molecule has 0 fully saturated rings. The molecule has 0 saturated heterocycles. The summed E-state index contributed by atoms with van der Waals surface area (Å²) in [5.74, 6) is -1.42. The summed E-state index contributed by atoms with van der Waals surface area (Å²) >= 11 is 0. The van der Waals surface area contributed by atoms with Crippen molar-refractivity contribution >= 4 is 28.0 Å². The average Bonchev–Trinajstić information content (AvgIpc) is 2.79. The molecule has 0 bridgehead atoms. The van der Waals surface area contributed by atoms with Crippen LogP contribution in [0.2, 0.25) is 0 Å². The van der Waals surface area contributed by atoms with Gasteiger partial charge in [0.05, 0.1) is 28.4 Å². The number of carboxylic acids is 1. The fourth-order valence-corrected chi connectivity index (χ4v) is 3.65. The van der Waals surface area contributed by atoms with Gasteiger partial charge in [-0.25, -0.2) is 13.2 Å². The minimum atomic E-state index is -4.36. The van der Waals surface area contributed by atoms with E-state index in [1.165, 1.54) is 58.8 Å². The molecule has 0 unspecified atom stereocenters. The zero-order valence-corrected chi connectivity index (χ0v) is 18.5. The average molecular weight is 466 g/mol. The van der Waals surface area contributed by atoms with Crippen molar-refractivity contribution in [1.29, 1.82) is 0 Å². The Balaban J connectivity index is 2.38. The van der Waals surface area contributed by atoms with E-state index >= 15 is 0 Å². The molecular formula is C20H22N2O9S. The van der Waals surface area contributed by atoms with Gasteiger partial charge in [-0.2, -0.15) is 0 Å². The third kappa shape index (κ3) is 5.89. The summed E-state index contributed by atoms with van der Waals surface area (Å²) in [6, 6.07) is 6.91. The van der Waals surface area contributed by atoms with Gasteiger partial charge in [-0.05, 0) is 35.9 Å². The zero-order chi connectivity index (χ0) is 23.9. The van der Waals surface area contributed by atoms with Crippen LogP contribution in [0.15, 0.2) is 41.3 Å². The van der Waals surface area contributed by atoms with E-state index in [2.05, 4.69) is 5.43 Å². The van der Waals surface area contributed by atoms with Crippen LogP contribution in [0.4, 0.5) is 0 Å². The maximum Gasteiger partial charge on any atom is 0.328 e. The van der Waals surface area contributed by atoms with Crippen molar-refractivity contribution < 1.29 is 42.1 Å². The van der Waals surface area contributed by atoms with E-state index in [1.807, 2.05) is 4.83 Å². The Kier molecular flexibility index (Phi) is 8.04. The SMILES string of the molecule is COc1cc(OC)cc(C(=O)NNS(=O)(=O)c2cc(/C=C/C(=O)O)cc(OC)c2OC)c1. The van der Waals surface area contributed by atoms with Gasteiger partial charge in [-0.15, -0.1) is 4.83 Å². The highest BCUT2D eigenvalue weighted by atomic mass is 32.2. The second-order valence-electron chi connectivity index (χ2n) is 6.09. The van der Waals surface area contributed by atoms with Crippen molar-refractivity contribution in [2.24, 2.45) is 0 Å². The Bertz CT molecular complexity index is 1120. The van der Waals surface area contributed by atoms with Crippen molar-refractivity contribution in [1.82, 2.24) is 10.3 Å². The highest BCUT2D eigenvalue weighted by molar-refractivity contribution is 7.89. The maximum atomic E-state index is 12.9. The number of benzene rings is 2. The fourth-order valence-electron chi connectivity index (χ4n) is 2.59. The van der Waals surface area contributed by atoms with Gasteiger partial charge >= 0.3 is 5.97 Å². The summed E-state index contributed by atoms with van der Waals surface area (Å²) in [6.45, 7) is 0. The van der Waals surface area contributed by atoms with Crippen molar-refractivity contribution in [3.8, 4) is 23.0 Å². The molecule has 11 nitrogen and oxygen atoms in total. The summed E-state index contributed by atoms with van der Waals surface area (Å²) in [5.41, 5.74) is 2.39. The Hall–Kier alpha value is -3.77. The lowest BCUT2D eigenvalue weighted by atomic mass is 10.2. The van der Waals surface area contributed by atoms with Gasteiger partial charge in [-0.3, -0.25) is 10.2 Å². The van der Waals surface area contributed by atoms with Crippen LogP contribution in [-0.4, -0.2) is 53.8 Å². The molecule has 172 valence electrons. The number of methoxy groups -OCH3 is 4. The minimum absolute atomic E-state index is 0.0456. The largest absolute Gasteiger partial charge is 0.497 e. The third-order valence-electron chi connectivity index (χ3n) is 4.09. The summed E-state index contributed by atoms with van der Waals surface area (Å²) in [7, 11) is 0.990. The van der Waals surface area contributed by atoms with Gasteiger partial charge in [0.1, 0.15) is 16.4 Å². The predicted molar refractivity (Wildman–Crippen MR) is 114 cm³/mol. The smallest absolute Gasteiger partial charge is 0.328 e. The number of aliphatic carboxylic acids is 1. The minimum Gasteiger partial charge on any atom is -0.497 e. The first-order valence-corrected chi connectivity index (χ1v) is 10.4. The van der Waals surface area contributed by atoms with Crippen molar-refractivity contribution in [3.63, 3.8) is 0 Å². The monoisotopic (exact) mass is 466 g/mol. The molecule has 0 aliphatic carbocycles. The number of carboxylic acid groups (broad SMARTS) is 1. The number of hydrazine groups is 1. The molecular weight excluding hydrogens is 444 g/mol. The summed E-state index contributed by atoms with van der Waals surface area (Å²) < 4.78 is 46.3. The number of carbonyl (C=O) groups is 2. The summed E-state index contributed by atoms with van der Waals surface area (Å²) in [6.07, 6.45) is 2.02. The molecule has 0 aromatic heterocycles. The number of rotatable bonds is 10. The number of hydrogen-bond donors (Lipinski definition) is 3. The second-order valence-corrected chi connectivity index (χ2v) is 7.74. The van der Waals surface area contributed by atoms with Crippen LogP contribution in [0.5, 0.6) is 23.0 Å². The van der Waals surface area contributed by atoms with Gasteiger partial charge < -0.3 is 24.1 Å². The molecule has 2 rings (SSSR count). The Morgan fingerprint density at radius 1 is 0.906 bits per heavy atom. The summed E-state index contributed by atoms with van der Waals surface area (Å²) in [5, 5.41) is 8.82. The lowest BCUT2D eigenvalue weighted by Crippen LogP contribution is -2.41. The first-order valence-electron chi connectivity index (χ1n) is 8.87. The Morgan fingerprint density at radius 3 is 2.03 bits per heavy atom. The highest BCUT2D eigenvalue weighted by Gasteiger charge is 2.25. The van der Waals surface area contributed by atoms with Crippen molar-refractivity contribution in [3.05, 3.63) is 47.5 Å². The molecule has 0 spiro atoms. The van der Waals surface area contributed by atoms with E-state index in [4.69, 9.17) is 24.1 Å². The van der Waals surface area contributed by atoms with Gasteiger partial charge in [0.25, 0.3) is 15.9 Å². The first kappa shape index (κ1) is 24.5. The van der Waals surface area contributed by atoms with Gasteiger partial charge in [0.2, 0.25) is 0 Å². The van der Waals surface area contributed by atoms with Crippen LogP contribution in [0.3, 0.4) is 0 Å². The van der Waals surface area contributed by atoms with E-state index in [0.717, 1.165) is 6.08 Å². The molecule has 0 saturated carbocycles. The predicted octanol–water partition coefficient (Wildman–Crippen LogP) is 1.44. The molecule has 2 aromatic rings. The number of hydrogen-bond acceptors (Lipinski definition) is 8. The number of carbonyl (C=O) groups excluding carboxylic acids is 1. The molecule has 0 heterocycles. The van der Waals surface area contributed by atoms with Crippen molar-refractivity contribution in [2.75, 3.05) is 28.4 Å². The second kappa shape index (κ2) is 10.5. The molecule has 0 aliphatic rings. The lowest BCUT2D eigenvalue weighted by Gasteiger charge is -2.15. The molecule has 0 radical (unpaired) electrons. The molecule has 1 amide bonds. The van der Waals surface area contributed by atoms with Crippen LogP contribution in [-0.2, 0) is 14.8 Å². The van der Waals surface area contributed by atoms with Crippen molar-refractivity contribution in [2.45, 2.75) is 4.90 Å². The number of sulfonamides is 1. The van der Waals surface area contributed by atoms with Crippen LogP contribution in [0, 0.1) is 0 Å². The van der Waals surface area contributed by atoms with E-state index in [0.29, 0.717) is 11.5 Å². The zero-order valence-electron chi connectivity index (χ0n) is 17.7. The first-order chi connectivity index (χ1) is 15.1. The number of amides is 1. The fraction of sp³-hybridized carbons (Fsp3) is 0.200. The normalized spacial score (nSPS) is 11.1. The summed E-state index contributed by atoms with van der Waals surface area (Å²) in [4.78, 5) is 24.9. The molecule has 32 heavy (non-hydrogen) atoms. The molecule has 2 aromatic carbocycles. The molecule has 12 heteroatoms. The van der Waals surface area contributed by atoms with Crippen LogP contribution in [0.25, 0.3) is 6.08 Å². The third-order valence-corrected chi connectivity index (χ3v) is 5.34. The van der Waals surface area contributed by atoms with Crippen LogP contribution in [0.1, 0.15) is 15.9 Å². The van der Waals surface area contributed by atoms with Crippen LogP contribution >= 0.6 is 0 Å². The van der Waals surface area contributed by atoms with Crippen LogP contribution < -0.4 is 29.2 Å². The number of nitrogens with one attached hydrogen (secondary N) is 2. The Labute approximate surface area is 184 Å². The molecule has 0 atom stereocenters.